The van der Waals surface area contributed by atoms with Gasteiger partial charge in [0.2, 0.25) is 5.91 Å². The monoisotopic (exact) mass is 457 g/mol. The van der Waals surface area contributed by atoms with Crippen molar-refractivity contribution in [2.75, 3.05) is 6.54 Å². The summed E-state index contributed by atoms with van der Waals surface area (Å²) in [5.41, 5.74) is 1.71. The summed E-state index contributed by atoms with van der Waals surface area (Å²) in [5, 5.41) is 14.3. The number of rotatable bonds is 7. The highest BCUT2D eigenvalue weighted by molar-refractivity contribution is 8.00. The second-order valence-corrected chi connectivity index (χ2v) is 9.08. The van der Waals surface area contributed by atoms with Gasteiger partial charge in [-0.25, -0.2) is 4.79 Å². The smallest absolute Gasteiger partial charge is 0.321 e. The zero-order valence-corrected chi connectivity index (χ0v) is 19.1. The van der Waals surface area contributed by atoms with Crippen LogP contribution >= 0.6 is 23.4 Å². The van der Waals surface area contributed by atoms with E-state index in [0.717, 1.165) is 11.3 Å². The van der Waals surface area contributed by atoms with Crippen LogP contribution in [0.1, 0.15) is 20.8 Å². The van der Waals surface area contributed by atoms with Gasteiger partial charge in [0.05, 0.1) is 5.25 Å². The van der Waals surface area contributed by atoms with Gasteiger partial charge in [0.1, 0.15) is 0 Å². The maximum Gasteiger partial charge on any atom is 0.321 e. The van der Waals surface area contributed by atoms with Crippen molar-refractivity contribution in [2.24, 2.45) is 5.92 Å². The number of para-hydroxylation sites is 1. The fourth-order valence-electron chi connectivity index (χ4n) is 2.71. The molecule has 3 rings (SSSR count). The number of nitrogens with zero attached hydrogens (tertiary/aromatic N) is 3. The molecule has 31 heavy (non-hydrogen) atoms. The topological polar surface area (TPSA) is 88.9 Å². The number of hydrogen-bond acceptors (Lipinski definition) is 5. The molecule has 2 N–H and O–H groups in total. The second kappa shape index (κ2) is 10.5. The first-order valence-electron chi connectivity index (χ1n) is 9.87. The van der Waals surface area contributed by atoms with Crippen molar-refractivity contribution in [3.8, 4) is 17.1 Å². The lowest BCUT2D eigenvalue weighted by Crippen LogP contribution is -2.43. The summed E-state index contributed by atoms with van der Waals surface area (Å²) >= 11 is 7.25. The summed E-state index contributed by atoms with van der Waals surface area (Å²) in [4.78, 5) is 24.4. The van der Waals surface area contributed by atoms with Crippen molar-refractivity contribution in [3.63, 3.8) is 0 Å². The second-order valence-electron chi connectivity index (χ2n) is 7.34. The highest BCUT2D eigenvalue weighted by Gasteiger charge is 2.23. The van der Waals surface area contributed by atoms with E-state index in [1.165, 1.54) is 11.8 Å². The Kier molecular flexibility index (Phi) is 7.70. The van der Waals surface area contributed by atoms with Crippen molar-refractivity contribution in [2.45, 2.75) is 31.2 Å². The average molecular weight is 458 g/mol. The van der Waals surface area contributed by atoms with Gasteiger partial charge < -0.3 is 5.32 Å². The predicted octanol–water partition coefficient (Wildman–Crippen LogP) is 4.55. The van der Waals surface area contributed by atoms with E-state index in [4.69, 9.17) is 11.6 Å². The Hall–Kier alpha value is -2.84. The van der Waals surface area contributed by atoms with Gasteiger partial charge in [-0.3, -0.25) is 14.7 Å². The van der Waals surface area contributed by atoms with Crippen molar-refractivity contribution < 1.29 is 9.59 Å². The Morgan fingerprint density at radius 3 is 2.35 bits per heavy atom. The highest BCUT2D eigenvalue weighted by Crippen LogP contribution is 2.30. The summed E-state index contributed by atoms with van der Waals surface area (Å²) in [6.07, 6.45) is 0. The molecule has 0 bridgehead atoms. The molecule has 1 unspecified atom stereocenters. The highest BCUT2D eigenvalue weighted by atomic mass is 35.5. The third kappa shape index (κ3) is 6.08. The van der Waals surface area contributed by atoms with Crippen LogP contribution in [-0.4, -0.2) is 38.5 Å². The van der Waals surface area contributed by atoms with E-state index in [2.05, 4.69) is 20.8 Å². The number of urea groups is 1. The third-order valence-electron chi connectivity index (χ3n) is 4.31. The summed E-state index contributed by atoms with van der Waals surface area (Å²) in [6.45, 7) is 6.18. The van der Waals surface area contributed by atoms with Gasteiger partial charge in [0, 0.05) is 22.8 Å². The molecule has 0 radical (unpaired) electrons. The van der Waals surface area contributed by atoms with E-state index in [9.17, 15) is 9.59 Å². The quantitative estimate of drug-likeness (QED) is 0.508. The normalized spacial score (nSPS) is 11.9. The van der Waals surface area contributed by atoms with Crippen LogP contribution in [-0.2, 0) is 4.79 Å². The number of halogens is 1. The summed E-state index contributed by atoms with van der Waals surface area (Å²) in [6, 6.07) is 16.5. The number of thioether (sulfide) groups is 1. The lowest BCUT2D eigenvalue weighted by Gasteiger charge is -2.14. The van der Waals surface area contributed by atoms with Crippen molar-refractivity contribution in [1.82, 2.24) is 25.4 Å². The zero-order chi connectivity index (χ0) is 22.4. The Morgan fingerprint density at radius 2 is 1.71 bits per heavy atom. The van der Waals surface area contributed by atoms with Crippen LogP contribution in [0.5, 0.6) is 0 Å². The first-order valence-corrected chi connectivity index (χ1v) is 11.1. The molecule has 3 aromatic rings. The largest absolute Gasteiger partial charge is 0.338 e. The maximum atomic E-state index is 12.5. The standard InChI is InChI=1S/C22H24ClN5O2S/c1-14(2)13-24-21(30)25-20(29)15(3)31-22-27-26-19(16-9-11-17(23)12-10-16)28(22)18-7-5-4-6-8-18/h4-12,14-15H,13H2,1-3H3,(H2,24,25,29,30). The van der Waals surface area contributed by atoms with Gasteiger partial charge in [-0.15, -0.1) is 10.2 Å². The predicted molar refractivity (Wildman–Crippen MR) is 124 cm³/mol. The lowest BCUT2D eigenvalue weighted by atomic mass is 10.2. The Bertz CT molecular complexity index is 1040. The molecule has 3 amide bonds. The third-order valence-corrected chi connectivity index (χ3v) is 5.60. The SMILES string of the molecule is CC(C)CNC(=O)NC(=O)C(C)Sc1nnc(-c2ccc(Cl)cc2)n1-c1ccccc1. The van der Waals surface area contributed by atoms with Crippen molar-refractivity contribution >= 4 is 35.3 Å². The molecule has 9 heteroatoms. The van der Waals surface area contributed by atoms with Gasteiger partial charge in [-0.05, 0) is 49.2 Å². The minimum atomic E-state index is -0.561. The molecule has 0 saturated heterocycles. The average Bonchev–Trinajstić information content (AvgIpc) is 3.16. The van der Waals surface area contributed by atoms with E-state index in [1.807, 2.05) is 60.9 Å². The van der Waals surface area contributed by atoms with Crippen LogP contribution < -0.4 is 10.6 Å². The minimum Gasteiger partial charge on any atom is -0.338 e. The number of aromatic nitrogens is 3. The van der Waals surface area contributed by atoms with Crippen LogP contribution in [0.3, 0.4) is 0 Å². The number of nitrogens with one attached hydrogen (secondary N) is 2. The molecule has 0 saturated carbocycles. The van der Waals surface area contributed by atoms with E-state index < -0.39 is 17.2 Å². The maximum absolute atomic E-state index is 12.5. The molecule has 1 aromatic heterocycles. The van der Waals surface area contributed by atoms with Crippen LogP contribution in [0.15, 0.2) is 59.8 Å². The minimum absolute atomic E-state index is 0.295. The molecule has 1 atom stereocenters. The first kappa shape index (κ1) is 22.8. The van der Waals surface area contributed by atoms with Gasteiger partial charge >= 0.3 is 6.03 Å². The molecule has 7 nitrogen and oxygen atoms in total. The molecule has 0 fully saturated rings. The van der Waals surface area contributed by atoms with Gasteiger partial charge in [0.25, 0.3) is 0 Å². The molecule has 2 aromatic carbocycles. The molecular weight excluding hydrogens is 434 g/mol. The molecule has 0 aliphatic carbocycles. The fourth-order valence-corrected chi connectivity index (χ4v) is 3.70. The number of hydrogen-bond donors (Lipinski definition) is 2. The number of imide groups is 1. The number of carbonyl (C=O) groups is 2. The van der Waals surface area contributed by atoms with Gasteiger partial charge in [-0.2, -0.15) is 0 Å². The molecule has 1 heterocycles. The Balaban J connectivity index is 1.83. The first-order chi connectivity index (χ1) is 14.8. The van der Waals surface area contributed by atoms with Crippen molar-refractivity contribution in [3.05, 3.63) is 59.6 Å². The molecule has 0 spiro atoms. The molecule has 162 valence electrons. The lowest BCUT2D eigenvalue weighted by molar-refractivity contribution is -0.119. The fraction of sp³-hybridized carbons (Fsp3) is 0.273. The van der Waals surface area contributed by atoms with Gasteiger partial charge in [0.15, 0.2) is 11.0 Å². The Morgan fingerprint density at radius 1 is 1.03 bits per heavy atom. The van der Waals surface area contributed by atoms with Crippen LogP contribution in [0.25, 0.3) is 17.1 Å². The molecular formula is C22H24ClN5O2S. The van der Waals surface area contributed by atoms with Crippen LogP contribution in [0, 0.1) is 5.92 Å². The van der Waals surface area contributed by atoms with Crippen LogP contribution in [0.4, 0.5) is 4.79 Å². The zero-order valence-electron chi connectivity index (χ0n) is 17.5. The molecule has 0 aliphatic heterocycles. The van der Waals surface area contributed by atoms with E-state index in [-0.39, 0.29) is 0 Å². The summed E-state index contributed by atoms with van der Waals surface area (Å²) < 4.78 is 1.89. The number of carbonyl (C=O) groups excluding carboxylic acids is 2. The summed E-state index contributed by atoms with van der Waals surface area (Å²) in [5.74, 6) is 0.526. The van der Waals surface area contributed by atoms with Gasteiger partial charge in [-0.1, -0.05) is 55.4 Å². The van der Waals surface area contributed by atoms with Crippen molar-refractivity contribution in [1.29, 1.82) is 0 Å². The Labute approximate surface area is 190 Å². The number of benzene rings is 2. The van der Waals surface area contributed by atoms with E-state index >= 15 is 0 Å². The summed E-state index contributed by atoms with van der Waals surface area (Å²) in [7, 11) is 0. The molecule has 0 aliphatic rings. The van der Waals surface area contributed by atoms with E-state index in [1.54, 1.807) is 19.1 Å². The number of amides is 3. The van der Waals surface area contributed by atoms with E-state index in [0.29, 0.717) is 28.5 Å². The van der Waals surface area contributed by atoms with Crippen LogP contribution in [0.2, 0.25) is 5.02 Å².